The van der Waals surface area contributed by atoms with E-state index in [1.54, 1.807) is 6.92 Å². The Hall–Kier alpha value is -4.20. The summed E-state index contributed by atoms with van der Waals surface area (Å²) in [6.07, 6.45) is 2.99. The summed E-state index contributed by atoms with van der Waals surface area (Å²) in [6.45, 7) is 1.77. The molecule has 2 atom stereocenters. The molecular formula is C23H17F3N4O6S. The van der Waals surface area contributed by atoms with Crippen LogP contribution in [0.15, 0.2) is 70.3 Å². The summed E-state index contributed by atoms with van der Waals surface area (Å²) < 4.78 is 67.0. The van der Waals surface area contributed by atoms with E-state index < -0.39 is 43.6 Å². The van der Waals surface area contributed by atoms with E-state index in [-0.39, 0.29) is 28.9 Å². The molecule has 4 amide bonds. The largest absolute Gasteiger partial charge is 0.501 e. The number of amides is 4. The van der Waals surface area contributed by atoms with Gasteiger partial charge in [-0.1, -0.05) is 6.92 Å². The van der Waals surface area contributed by atoms with Crippen molar-refractivity contribution >= 4 is 44.9 Å². The second-order valence-corrected chi connectivity index (χ2v) is 10.5. The summed E-state index contributed by atoms with van der Waals surface area (Å²) in [5.41, 5.74) is -6.57. The third kappa shape index (κ3) is 3.75. The molecule has 5 rings (SSSR count). The van der Waals surface area contributed by atoms with Crippen molar-refractivity contribution in [1.82, 2.24) is 4.98 Å². The Bertz CT molecular complexity index is 1520. The van der Waals surface area contributed by atoms with Gasteiger partial charge in [0.25, 0.3) is 21.7 Å². The van der Waals surface area contributed by atoms with Gasteiger partial charge in [0.2, 0.25) is 0 Å². The molecule has 2 unspecified atom stereocenters. The minimum atomic E-state index is -5.59. The number of anilines is 3. The van der Waals surface area contributed by atoms with Gasteiger partial charge in [-0.2, -0.15) is 13.2 Å². The molecule has 1 aliphatic heterocycles. The van der Waals surface area contributed by atoms with Gasteiger partial charge in [-0.05, 0) is 54.8 Å². The molecule has 2 aromatic heterocycles. The Kier molecular flexibility index (Phi) is 5.40. The van der Waals surface area contributed by atoms with Gasteiger partial charge >= 0.3 is 11.5 Å². The van der Waals surface area contributed by atoms with E-state index in [1.807, 2.05) is 0 Å². The van der Waals surface area contributed by atoms with Crippen molar-refractivity contribution in [3.05, 3.63) is 66.8 Å². The molecule has 2 aliphatic rings. The van der Waals surface area contributed by atoms with Crippen LogP contribution in [0.5, 0.6) is 0 Å². The number of sulfone groups is 1. The first-order chi connectivity index (χ1) is 17.4. The maximum absolute atomic E-state index is 13.5. The average Bonchev–Trinajstić information content (AvgIpc) is 3.18. The predicted molar refractivity (Wildman–Crippen MR) is 122 cm³/mol. The molecule has 1 N–H and O–H groups in total. The van der Waals surface area contributed by atoms with Crippen LogP contribution in [0.4, 0.5) is 35.2 Å². The van der Waals surface area contributed by atoms with Gasteiger partial charge < -0.3 is 9.73 Å². The fourth-order valence-electron chi connectivity index (χ4n) is 4.35. The molecular weight excluding hydrogens is 517 g/mol. The molecule has 1 aromatic carbocycles. The Balaban J connectivity index is 1.47. The summed E-state index contributed by atoms with van der Waals surface area (Å²) in [7, 11) is -5.59. The predicted octanol–water partition coefficient (Wildman–Crippen LogP) is 3.97. The number of nitrogens with one attached hydrogen (secondary N) is 1. The standard InChI is InChI=1S/C23H17F3N4O6S/c1-13-12-22(13)20(32)29(14-4-6-16(7-5-14)37(34,35)23(24,25)26)21(33)30(22)15-8-9-27-18(11-15)28-19(31)17-3-2-10-36-17/h2-11,13H,12H2,1H3,(H,27,28,31). The molecule has 192 valence electrons. The number of nitrogens with zero attached hydrogens (tertiary/aromatic N) is 3. The summed E-state index contributed by atoms with van der Waals surface area (Å²) >= 11 is 0. The van der Waals surface area contributed by atoms with Crippen LogP contribution < -0.4 is 15.1 Å². The molecule has 0 radical (unpaired) electrons. The highest BCUT2D eigenvalue weighted by Crippen LogP contribution is 2.55. The number of imide groups is 1. The van der Waals surface area contributed by atoms with Crippen LogP contribution in [0, 0.1) is 5.92 Å². The molecule has 2 fully saturated rings. The lowest BCUT2D eigenvalue weighted by Crippen LogP contribution is -2.39. The smallest absolute Gasteiger partial charge is 0.459 e. The molecule has 1 aliphatic carbocycles. The van der Waals surface area contributed by atoms with Crippen molar-refractivity contribution in [2.24, 2.45) is 5.92 Å². The Labute approximate surface area is 207 Å². The highest BCUT2D eigenvalue weighted by atomic mass is 32.2. The highest BCUT2D eigenvalue weighted by molar-refractivity contribution is 7.92. The van der Waals surface area contributed by atoms with Crippen molar-refractivity contribution in [2.75, 3.05) is 15.1 Å². The third-order valence-corrected chi connectivity index (χ3v) is 7.83. The zero-order valence-corrected chi connectivity index (χ0v) is 19.7. The number of aromatic nitrogens is 1. The van der Waals surface area contributed by atoms with Crippen LogP contribution in [-0.2, 0) is 14.6 Å². The lowest BCUT2D eigenvalue weighted by atomic mass is 10.1. The van der Waals surface area contributed by atoms with Crippen LogP contribution in [-0.4, -0.2) is 42.3 Å². The average molecular weight is 534 g/mol. The number of carbonyl (C=O) groups is 3. The molecule has 10 nitrogen and oxygen atoms in total. The second kappa shape index (κ2) is 8.16. The maximum Gasteiger partial charge on any atom is 0.501 e. The minimum Gasteiger partial charge on any atom is -0.459 e. The van der Waals surface area contributed by atoms with E-state index in [9.17, 15) is 36.0 Å². The Morgan fingerprint density at radius 1 is 1.14 bits per heavy atom. The van der Waals surface area contributed by atoms with E-state index in [0.29, 0.717) is 18.6 Å². The number of alkyl halides is 3. The first kappa shape index (κ1) is 24.5. The highest BCUT2D eigenvalue weighted by Gasteiger charge is 2.70. The Morgan fingerprint density at radius 3 is 2.38 bits per heavy atom. The second-order valence-electron chi connectivity index (χ2n) is 8.56. The molecule has 3 aromatic rings. The summed E-state index contributed by atoms with van der Waals surface area (Å²) in [6, 6.07) is 8.41. The van der Waals surface area contributed by atoms with Crippen LogP contribution in [0.3, 0.4) is 0 Å². The zero-order valence-electron chi connectivity index (χ0n) is 18.9. The van der Waals surface area contributed by atoms with Crippen molar-refractivity contribution in [3.8, 4) is 0 Å². The molecule has 1 saturated carbocycles. The van der Waals surface area contributed by atoms with Crippen molar-refractivity contribution in [1.29, 1.82) is 0 Å². The number of hydrogen-bond donors (Lipinski definition) is 1. The van der Waals surface area contributed by atoms with Gasteiger partial charge in [0.05, 0.1) is 22.5 Å². The number of rotatable bonds is 5. The lowest BCUT2D eigenvalue weighted by Gasteiger charge is -2.22. The monoisotopic (exact) mass is 534 g/mol. The van der Waals surface area contributed by atoms with Crippen LogP contribution >= 0.6 is 0 Å². The number of benzene rings is 1. The van der Waals surface area contributed by atoms with Gasteiger partial charge in [0, 0.05) is 12.3 Å². The van der Waals surface area contributed by atoms with E-state index in [4.69, 9.17) is 4.42 Å². The van der Waals surface area contributed by atoms with Crippen molar-refractivity contribution in [3.63, 3.8) is 0 Å². The molecule has 1 saturated heterocycles. The topological polar surface area (TPSA) is 130 Å². The number of halogens is 3. The molecule has 37 heavy (non-hydrogen) atoms. The Morgan fingerprint density at radius 2 is 1.81 bits per heavy atom. The number of hydrogen-bond acceptors (Lipinski definition) is 7. The van der Waals surface area contributed by atoms with E-state index in [0.717, 1.165) is 17.0 Å². The molecule has 1 spiro atoms. The minimum absolute atomic E-state index is 0.0362. The summed E-state index contributed by atoms with van der Waals surface area (Å²) in [5.74, 6) is -1.30. The molecule has 3 heterocycles. The number of urea groups is 1. The zero-order chi connectivity index (χ0) is 26.8. The number of pyridine rings is 1. The SMILES string of the molecule is CC1CC12C(=O)N(c1ccc(S(=O)(=O)C(F)(F)F)cc1)C(=O)N2c1ccnc(NC(=O)c2ccco2)c1. The lowest BCUT2D eigenvalue weighted by molar-refractivity contribution is -0.119. The normalized spacial score (nSPS) is 21.6. The van der Waals surface area contributed by atoms with E-state index >= 15 is 0 Å². The maximum atomic E-state index is 13.5. The fourth-order valence-corrected chi connectivity index (χ4v) is 5.12. The quantitative estimate of drug-likeness (QED) is 0.490. The molecule has 14 heteroatoms. The van der Waals surface area contributed by atoms with Crippen molar-refractivity contribution in [2.45, 2.75) is 29.3 Å². The third-order valence-electron chi connectivity index (χ3n) is 6.33. The van der Waals surface area contributed by atoms with Gasteiger partial charge in [0.1, 0.15) is 11.4 Å². The number of furan rings is 1. The van der Waals surface area contributed by atoms with Crippen LogP contribution in [0.25, 0.3) is 0 Å². The van der Waals surface area contributed by atoms with Crippen LogP contribution in [0.1, 0.15) is 23.9 Å². The van der Waals surface area contributed by atoms with Gasteiger partial charge in [-0.25, -0.2) is 23.1 Å². The van der Waals surface area contributed by atoms with E-state index in [2.05, 4.69) is 10.3 Å². The van der Waals surface area contributed by atoms with Crippen LogP contribution in [0.2, 0.25) is 0 Å². The summed E-state index contributed by atoms with van der Waals surface area (Å²) in [4.78, 5) is 44.3. The van der Waals surface area contributed by atoms with E-state index in [1.165, 1.54) is 41.6 Å². The van der Waals surface area contributed by atoms with Gasteiger partial charge in [-0.15, -0.1) is 0 Å². The molecule has 0 bridgehead atoms. The summed E-state index contributed by atoms with van der Waals surface area (Å²) in [5, 5.41) is 2.54. The first-order valence-electron chi connectivity index (χ1n) is 10.8. The number of carbonyl (C=O) groups excluding carboxylic acids is 3. The van der Waals surface area contributed by atoms with Crippen molar-refractivity contribution < 1.29 is 40.4 Å². The fraction of sp³-hybridized carbons (Fsp3) is 0.217. The van der Waals surface area contributed by atoms with Gasteiger partial charge in [0.15, 0.2) is 5.76 Å². The van der Waals surface area contributed by atoms with Gasteiger partial charge in [-0.3, -0.25) is 14.5 Å². The first-order valence-corrected chi connectivity index (χ1v) is 12.3.